The summed E-state index contributed by atoms with van der Waals surface area (Å²) in [6.45, 7) is 0. The second kappa shape index (κ2) is 3.38. The van der Waals surface area contributed by atoms with Gasteiger partial charge in [-0.25, -0.2) is 0 Å². The maximum atomic E-state index is 11.9. The average Bonchev–Trinajstić information content (AvgIpc) is 2.49. The van der Waals surface area contributed by atoms with Crippen LogP contribution in [0.25, 0.3) is 22.0 Å². The molecule has 1 heterocycles. The van der Waals surface area contributed by atoms with E-state index in [0.717, 1.165) is 16.5 Å². The lowest BCUT2D eigenvalue weighted by Gasteiger charge is -1.99. The predicted octanol–water partition coefficient (Wildman–Crippen LogP) is 2.09. The van der Waals surface area contributed by atoms with Gasteiger partial charge in [-0.05, 0) is 12.1 Å². The molecule has 1 aromatic carbocycles. The third kappa shape index (κ3) is 1.26. The molecule has 0 N–H and O–H groups in total. The van der Waals surface area contributed by atoms with Gasteiger partial charge in [-0.3, -0.25) is 4.79 Å². The minimum absolute atomic E-state index is 0.00787. The van der Waals surface area contributed by atoms with Gasteiger partial charge in [0.05, 0.1) is 11.7 Å². The van der Waals surface area contributed by atoms with Crippen LogP contribution in [-0.2, 0) is 0 Å². The summed E-state index contributed by atoms with van der Waals surface area (Å²) in [5.41, 5.74) is 2.25. The first-order valence-electron chi connectivity index (χ1n) is 5.00. The van der Waals surface area contributed by atoms with E-state index in [0.29, 0.717) is 5.56 Å². The highest BCUT2D eigenvalue weighted by Gasteiger charge is 2.08. The molecule has 76 valence electrons. The molecule has 3 heteroatoms. The molecule has 0 spiro atoms. The van der Waals surface area contributed by atoms with E-state index in [1.54, 1.807) is 18.3 Å². The monoisotopic (exact) mass is 208 g/mol. The lowest BCUT2D eigenvalue weighted by molar-refractivity contribution is 1.09. The summed E-state index contributed by atoms with van der Waals surface area (Å²) in [7, 11) is 0. The van der Waals surface area contributed by atoms with E-state index in [-0.39, 0.29) is 5.43 Å². The van der Waals surface area contributed by atoms with Gasteiger partial charge in [-0.15, -0.1) is 0 Å². The Labute approximate surface area is 91.7 Å². The van der Waals surface area contributed by atoms with E-state index in [1.165, 1.54) is 0 Å². The zero-order chi connectivity index (χ0) is 11.0. The van der Waals surface area contributed by atoms with E-state index >= 15 is 0 Å². The van der Waals surface area contributed by atoms with Gasteiger partial charge in [-0.2, -0.15) is 10.2 Å². The quantitative estimate of drug-likeness (QED) is 0.568. The fourth-order valence-electron chi connectivity index (χ4n) is 1.87. The lowest BCUT2D eigenvalue weighted by Crippen LogP contribution is -2.02. The number of aromatic nitrogens is 2. The van der Waals surface area contributed by atoms with Gasteiger partial charge >= 0.3 is 0 Å². The molecule has 3 nitrogen and oxygen atoms in total. The second-order valence-electron chi connectivity index (χ2n) is 3.58. The van der Waals surface area contributed by atoms with Crippen molar-refractivity contribution in [2.45, 2.75) is 0 Å². The molecular weight excluding hydrogens is 200 g/mol. The molecule has 0 aromatic heterocycles. The van der Waals surface area contributed by atoms with Crippen LogP contribution in [0.1, 0.15) is 0 Å². The van der Waals surface area contributed by atoms with Crippen LogP contribution >= 0.6 is 0 Å². The van der Waals surface area contributed by atoms with E-state index < -0.39 is 0 Å². The molecule has 0 atom stereocenters. The Morgan fingerprint density at radius 1 is 0.938 bits per heavy atom. The van der Waals surface area contributed by atoms with Crippen LogP contribution in [-0.4, -0.2) is 10.2 Å². The summed E-state index contributed by atoms with van der Waals surface area (Å²) >= 11 is 0. The second-order valence-corrected chi connectivity index (χ2v) is 3.58. The first-order chi connectivity index (χ1) is 7.86. The molecule has 0 unspecified atom stereocenters. The van der Waals surface area contributed by atoms with Crippen molar-refractivity contribution in [3.63, 3.8) is 0 Å². The summed E-state index contributed by atoms with van der Waals surface area (Å²) in [6.07, 6.45) is 1.62. The van der Waals surface area contributed by atoms with E-state index in [2.05, 4.69) is 10.2 Å². The van der Waals surface area contributed by atoms with Gasteiger partial charge in [0.1, 0.15) is 0 Å². The molecule has 0 saturated carbocycles. The van der Waals surface area contributed by atoms with Crippen molar-refractivity contribution in [3.8, 4) is 11.1 Å². The molecular formula is C13H8N2O. The lowest BCUT2D eigenvalue weighted by atomic mass is 10.0. The Morgan fingerprint density at radius 3 is 2.75 bits per heavy atom. The van der Waals surface area contributed by atoms with E-state index in [4.69, 9.17) is 0 Å². The molecule has 0 fully saturated rings. The molecule has 2 aliphatic rings. The number of rotatable bonds is 0. The highest BCUT2D eigenvalue weighted by Crippen LogP contribution is 2.23. The molecule has 3 rings (SSSR count). The van der Waals surface area contributed by atoms with Gasteiger partial charge in [-0.1, -0.05) is 30.3 Å². The van der Waals surface area contributed by atoms with Crippen LogP contribution in [0.3, 0.4) is 0 Å². The Kier molecular flexibility index (Phi) is 1.90. The number of hydrogen-bond acceptors (Lipinski definition) is 3. The molecule has 0 saturated heterocycles. The van der Waals surface area contributed by atoms with Gasteiger partial charge in [0.15, 0.2) is 5.43 Å². The highest BCUT2D eigenvalue weighted by atomic mass is 16.1. The van der Waals surface area contributed by atoms with Crippen molar-refractivity contribution < 1.29 is 0 Å². The third-order valence-electron chi connectivity index (χ3n) is 2.59. The maximum Gasteiger partial charge on any atom is 0.187 e. The van der Waals surface area contributed by atoms with E-state index in [9.17, 15) is 4.79 Å². The minimum Gasteiger partial charge on any atom is -0.289 e. The minimum atomic E-state index is 0.00787. The number of nitrogens with zero attached hydrogens (tertiary/aromatic N) is 2. The van der Waals surface area contributed by atoms with Crippen molar-refractivity contribution in [1.29, 1.82) is 0 Å². The highest BCUT2D eigenvalue weighted by molar-refractivity contribution is 5.93. The van der Waals surface area contributed by atoms with Crippen LogP contribution in [0.2, 0.25) is 0 Å². The SMILES string of the molecule is O=c1cccc2cnnc3ccccc3c1-2. The Bertz CT molecular complexity index is 694. The van der Waals surface area contributed by atoms with Crippen LogP contribution in [0.15, 0.2) is 53.5 Å². The fraction of sp³-hybridized carbons (Fsp3) is 0. The van der Waals surface area contributed by atoms with Crippen LogP contribution in [0.5, 0.6) is 0 Å². The normalized spacial score (nSPS) is 10.8. The molecule has 0 amide bonds. The van der Waals surface area contributed by atoms with Crippen molar-refractivity contribution in [2.75, 3.05) is 0 Å². The standard InChI is InChI=1S/C13H8N2O/c16-12-7-3-4-9-8-14-15-11-6-2-1-5-10(11)13(9)12/h1-8H. The van der Waals surface area contributed by atoms with Crippen LogP contribution in [0, 0.1) is 0 Å². The summed E-state index contributed by atoms with van der Waals surface area (Å²) in [4.78, 5) is 11.9. The van der Waals surface area contributed by atoms with Gasteiger partial charge in [0.2, 0.25) is 0 Å². The molecule has 0 radical (unpaired) electrons. The molecule has 1 aliphatic carbocycles. The van der Waals surface area contributed by atoms with Crippen LogP contribution < -0.4 is 5.43 Å². The zero-order valence-corrected chi connectivity index (χ0v) is 8.42. The Balaban J connectivity index is 2.64. The molecule has 1 aromatic rings. The summed E-state index contributed by atoms with van der Waals surface area (Å²) < 4.78 is 0. The molecule has 0 bridgehead atoms. The maximum absolute atomic E-state index is 11.9. The van der Waals surface area contributed by atoms with Gasteiger partial charge in [0.25, 0.3) is 0 Å². The molecule has 16 heavy (non-hydrogen) atoms. The summed E-state index contributed by atoms with van der Waals surface area (Å²) in [5, 5.41) is 8.88. The number of fused-ring (bicyclic) bond motifs is 3. The third-order valence-corrected chi connectivity index (χ3v) is 2.59. The van der Waals surface area contributed by atoms with Crippen molar-refractivity contribution in [3.05, 3.63) is 58.9 Å². The summed E-state index contributed by atoms with van der Waals surface area (Å²) in [5.74, 6) is 0. The first kappa shape index (κ1) is 8.97. The molecule has 1 aliphatic heterocycles. The van der Waals surface area contributed by atoms with Gasteiger partial charge in [0, 0.05) is 16.5 Å². The Morgan fingerprint density at radius 2 is 1.81 bits per heavy atom. The predicted molar refractivity (Wildman–Crippen MR) is 62.4 cm³/mol. The average molecular weight is 208 g/mol. The zero-order valence-electron chi connectivity index (χ0n) is 8.42. The van der Waals surface area contributed by atoms with Crippen LogP contribution in [0.4, 0.5) is 0 Å². The topological polar surface area (TPSA) is 42.9 Å². The first-order valence-corrected chi connectivity index (χ1v) is 5.00. The van der Waals surface area contributed by atoms with Crippen molar-refractivity contribution >= 4 is 10.9 Å². The van der Waals surface area contributed by atoms with Crippen molar-refractivity contribution in [2.24, 2.45) is 0 Å². The number of hydrogen-bond donors (Lipinski definition) is 0. The Hall–Kier alpha value is -2.29. The number of benzene rings is 2. The van der Waals surface area contributed by atoms with Gasteiger partial charge < -0.3 is 0 Å². The van der Waals surface area contributed by atoms with Crippen molar-refractivity contribution in [1.82, 2.24) is 10.2 Å². The fourth-order valence-corrected chi connectivity index (χ4v) is 1.87. The smallest absolute Gasteiger partial charge is 0.187 e. The largest absolute Gasteiger partial charge is 0.289 e. The van der Waals surface area contributed by atoms with E-state index in [1.807, 2.05) is 30.3 Å². The summed E-state index contributed by atoms with van der Waals surface area (Å²) in [6, 6.07) is 12.7.